The van der Waals surface area contributed by atoms with Gasteiger partial charge in [0.15, 0.2) is 6.61 Å². The van der Waals surface area contributed by atoms with Gasteiger partial charge in [0.25, 0.3) is 5.91 Å². The summed E-state index contributed by atoms with van der Waals surface area (Å²) in [6.45, 7) is 0.0489. The van der Waals surface area contributed by atoms with Crippen LogP contribution in [0.5, 0.6) is 5.75 Å². The quantitative estimate of drug-likeness (QED) is 0.917. The van der Waals surface area contributed by atoms with E-state index in [4.69, 9.17) is 10.00 Å². The molecular formula is C19H16N4O2. The third kappa shape index (κ3) is 2.81. The number of nitriles is 1. The van der Waals surface area contributed by atoms with E-state index in [1.54, 1.807) is 6.07 Å². The van der Waals surface area contributed by atoms with E-state index in [1.165, 1.54) is 0 Å². The highest BCUT2D eigenvalue weighted by Gasteiger charge is 2.27. The largest absolute Gasteiger partial charge is 0.482 e. The summed E-state index contributed by atoms with van der Waals surface area (Å²) in [6, 6.07) is 15.6. The lowest BCUT2D eigenvalue weighted by Gasteiger charge is -2.19. The molecule has 2 heterocycles. The highest BCUT2D eigenvalue weighted by Crippen LogP contribution is 2.34. The van der Waals surface area contributed by atoms with Crippen LogP contribution < -0.4 is 10.1 Å². The van der Waals surface area contributed by atoms with Gasteiger partial charge in [-0.1, -0.05) is 12.1 Å². The molecule has 0 aliphatic carbocycles. The molecule has 2 aliphatic rings. The maximum absolute atomic E-state index is 11.5. The molecule has 2 aliphatic heterocycles. The molecule has 124 valence electrons. The van der Waals surface area contributed by atoms with Crippen LogP contribution >= 0.6 is 0 Å². The Bertz CT molecular complexity index is 929. The first kappa shape index (κ1) is 15.2. The number of hydrogen-bond acceptors (Lipinski definition) is 5. The first-order chi connectivity index (χ1) is 12.1. The Balaban J connectivity index is 1.61. The molecule has 1 amide bonds. The highest BCUT2D eigenvalue weighted by molar-refractivity contribution is 6.04. The van der Waals surface area contributed by atoms with Gasteiger partial charge in [0.1, 0.15) is 5.75 Å². The van der Waals surface area contributed by atoms with Crippen molar-refractivity contribution < 1.29 is 9.53 Å². The third-order valence-electron chi connectivity index (χ3n) is 4.46. The fourth-order valence-corrected chi connectivity index (χ4v) is 3.20. The molecule has 1 atom stereocenters. The summed E-state index contributed by atoms with van der Waals surface area (Å²) in [5.74, 6) is 0.523. The number of rotatable bonds is 2. The number of nitrogens with zero attached hydrogens (tertiary/aromatic N) is 3. The van der Waals surface area contributed by atoms with Crippen molar-refractivity contribution in [2.75, 3.05) is 19.0 Å². The van der Waals surface area contributed by atoms with Crippen LogP contribution in [-0.2, 0) is 4.79 Å². The van der Waals surface area contributed by atoms with Crippen molar-refractivity contribution in [3.63, 3.8) is 0 Å². The van der Waals surface area contributed by atoms with Gasteiger partial charge in [-0.2, -0.15) is 10.4 Å². The van der Waals surface area contributed by atoms with Gasteiger partial charge >= 0.3 is 0 Å². The fraction of sp³-hybridized carbons (Fsp3) is 0.211. The molecule has 0 aromatic heterocycles. The van der Waals surface area contributed by atoms with Crippen LogP contribution in [0, 0.1) is 11.3 Å². The number of hydrogen-bond donors (Lipinski definition) is 1. The molecule has 0 radical (unpaired) electrons. The normalized spacial score (nSPS) is 18.7. The zero-order valence-corrected chi connectivity index (χ0v) is 13.7. The summed E-state index contributed by atoms with van der Waals surface area (Å²) in [6.07, 6.45) is 0.735. The number of carbonyl (C=O) groups excluding carboxylic acids is 1. The van der Waals surface area contributed by atoms with E-state index < -0.39 is 0 Å². The number of nitrogens with one attached hydrogen (secondary N) is 1. The molecule has 1 unspecified atom stereocenters. The number of amides is 1. The van der Waals surface area contributed by atoms with Gasteiger partial charge in [0, 0.05) is 19.0 Å². The van der Waals surface area contributed by atoms with Crippen LogP contribution in [0.15, 0.2) is 47.6 Å². The zero-order valence-electron chi connectivity index (χ0n) is 13.7. The summed E-state index contributed by atoms with van der Waals surface area (Å²) in [4.78, 5) is 11.5. The van der Waals surface area contributed by atoms with Gasteiger partial charge in [-0.3, -0.25) is 9.80 Å². The minimum atomic E-state index is -0.152. The lowest BCUT2D eigenvalue weighted by atomic mass is 9.97. The van der Waals surface area contributed by atoms with Gasteiger partial charge in [-0.25, -0.2) is 0 Å². The lowest BCUT2D eigenvalue weighted by molar-refractivity contribution is -0.118. The lowest BCUT2D eigenvalue weighted by Crippen LogP contribution is -2.25. The summed E-state index contributed by atoms with van der Waals surface area (Å²) in [5.41, 5.74) is 4.28. The maximum atomic E-state index is 11.5. The summed E-state index contributed by atoms with van der Waals surface area (Å²) in [7, 11) is 1.93. The SMILES string of the molecule is CN1N=C(c2ccc3c(c2)NC(=O)CO3)CC1c1cccc(C#N)c1. The average molecular weight is 332 g/mol. The van der Waals surface area contributed by atoms with Crippen LogP contribution in [0.4, 0.5) is 5.69 Å². The van der Waals surface area contributed by atoms with Gasteiger partial charge in [-0.05, 0) is 35.9 Å². The van der Waals surface area contributed by atoms with E-state index >= 15 is 0 Å². The summed E-state index contributed by atoms with van der Waals surface area (Å²) >= 11 is 0. The molecule has 0 spiro atoms. The predicted octanol–water partition coefficient (Wildman–Crippen LogP) is 2.67. The van der Waals surface area contributed by atoms with E-state index in [9.17, 15) is 4.79 Å². The maximum Gasteiger partial charge on any atom is 0.262 e. The van der Waals surface area contributed by atoms with E-state index in [-0.39, 0.29) is 18.6 Å². The van der Waals surface area contributed by atoms with E-state index in [0.29, 0.717) is 17.0 Å². The van der Waals surface area contributed by atoms with Gasteiger partial charge in [0.05, 0.1) is 29.1 Å². The minimum absolute atomic E-state index is 0.0489. The van der Waals surface area contributed by atoms with Crippen molar-refractivity contribution in [1.82, 2.24) is 5.01 Å². The predicted molar refractivity (Wildman–Crippen MR) is 93.4 cm³/mol. The van der Waals surface area contributed by atoms with Crippen LogP contribution in [0.1, 0.15) is 29.2 Å². The second-order valence-corrected chi connectivity index (χ2v) is 6.13. The molecule has 4 rings (SSSR count). The van der Waals surface area contributed by atoms with E-state index in [1.807, 2.05) is 48.5 Å². The minimum Gasteiger partial charge on any atom is -0.482 e. The smallest absolute Gasteiger partial charge is 0.262 e. The van der Waals surface area contributed by atoms with Crippen LogP contribution in [0.3, 0.4) is 0 Å². The van der Waals surface area contributed by atoms with Crippen molar-refractivity contribution in [2.24, 2.45) is 5.10 Å². The first-order valence-corrected chi connectivity index (χ1v) is 8.01. The number of ether oxygens (including phenoxy) is 1. The standard InChI is InChI=1S/C19H16N4O2/c1-23-17(14-4-2-3-12(7-14)10-20)9-15(22-23)13-5-6-18-16(8-13)21-19(24)11-25-18/h2-8,17H,9,11H2,1H3,(H,21,24). The summed E-state index contributed by atoms with van der Waals surface area (Å²) in [5, 5.41) is 18.5. The second-order valence-electron chi connectivity index (χ2n) is 6.13. The molecule has 2 aromatic carbocycles. The molecule has 1 N–H and O–H groups in total. The fourth-order valence-electron chi connectivity index (χ4n) is 3.20. The van der Waals surface area contributed by atoms with Crippen LogP contribution in [-0.4, -0.2) is 30.3 Å². The van der Waals surface area contributed by atoms with Gasteiger partial charge in [0.2, 0.25) is 0 Å². The Morgan fingerprint density at radius 3 is 3.04 bits per heavy atom. The molecule has 6 heteroatoms. The Labute approximate surface area is 145 Å². The molecule has 0 fully saturated rings. The summed E-state index contributed by atoms with van der Waals surface area (Å²) < 4.78 is 5.40. The second kappa shape index (κ2) is 5.95. The molecular weight excluding hydrogens is 316 g/mol. The van der Waals surface area contributed by atoms with E-state index in [0.717, 1.165) is 23.3 Å². The van der Waals surface area contributed by atoms with Crippen molar-refractivity contribution in [3.8, 4) is 11.8 Å². The van der Waals surface area contributed by atoms with Crippen LogP contribution in [0.25, 0.3) is 0 Å². The average Bonchev–Trinajstić information content (AvgIpc) is 3.03. The van der Waals surface area contributed by atoms with Gasteiger partial charge in [-0.15, -0.1) is 0 Å². The Kier molecular flexibility index (Phi) is 3.62. The third-order valence-corrected chi connectivity index (χ3v) is 4.46. The van der Waals surface area contributed by atoms with Crippen molar-refractivity contribution >= 4 is 17.3 Å². The molecule has 0 saturated heterocycles. The molecule has 0 saturated carbocycles. The molecule has 0 bridgehead atoms. The number of benzene rings is 2. The van der Waals surface area contributed by atoms with Crippen molar-refractivity contribution in [1.29, 1.82) is 5.26 Å². The number of fused-ring (bicyclic) bond motifs is 1. The molecule has 2 aromatic rings. The molecule has 6 nitrogen and oxygen atoms in total. The Morgan fingerprint density at radius 1 is 1.32 bits per heavy atom. The Morgan fingerprint density at radius 2 is 2.20 bits per heavy atom. The Hall–Kier alpha value is -3.33. The van der Waals surface area contributed by atoms with Crippen molar-refractivity contribution in [3.05, 3.63) is 59.2 Å². The number of hydrazone groups is 1. The van der Waals surface area contributed by atoms with Crippen LogP contribution in [0.2, 0.25) is 0 Å². The first-order valence-electron chi connectivity index (χ1n) is 8.01. The molecule has 25 heavy (non-hydrogen) atoms. The highest BCUT2D eigenvalue weighted by atomic mass is 16.5. The van der Waals surface area contributed by atoms with Gasteiger partial charge < -0.3 is 10.1 Å². The van der Waals surface area contributed by atoms with E-state index in [2.05, 4.69) is 16.5 Å². The zero-order chi connectivity index (χ0) is 17.4. The number of anilines is 1. The van der Waals surface area contributed by atoms with Crippen molar-refractivity contribution in [2.45, 2.75) is 12.5 Å². The monoisotopic (exact) mass is 332 g/mol. The topological polar surface area (TPSA) is 77.7 Å². The number of carbonyl (C=O) groups is 1.